The van der Waals surface area contributed by atoms with Crippen LogP contribution in [-0.4, -0.2) is 28.1 Å². The molecule has 1 aliphatic carbocycles. The Morgan fingerprint density at radius 3 is 2.65 bits per heavy atom. The van der Waals surface area contributed by atoms with Crippen molar-refractivity contribution in [1.82, 2.24) is 5.32 Å². The molecular weight excluding hydrogens is 375 g/mol. The van der Waals surface area contributed by atoms with Crippen LogP contribution in [0.5, 0.6) is 0 Å². The fourth-order valence-electron chi connectivity index (χ4n) is 2.48. The smallest absolute Gasteiger partial charge is 0.270 e. The van der Waals surface area contributed by atoms with Gasteiger partial charge in [-0.15, -0.1) is 0 Å². The molecule has 2 rings (SSSR count). The van der Waals surface area contributed by atoms with Gasteiger partial charge in [-0.05, 0) is 41.5 Å². The number of non-ortho nitro benzene ring substituents is 1. The number of rotatable bonds is 4. The zero-order valence-corrected chi connectivity index (χ0v) is 12.9. The summed E-state index contributed by atoms with van der Waals surface area (Å²) < 4.78 is 0.650. The normalized spacial score (nSPS) is 16.9. The van der Waals surface area contributed by atoms with E-state index in [2.05, 4.69) is 5.32 Å². The van der Waals surface area contributed by atoms with Crippen molar-refractivity contribution in [3.05, 3.63) is 37.4 Å². The summed E-state index contributed by atoms with van der Waals surface area (Å²) in [6.07, 6.45) is 3.40. The van der Waals surface area contributed by atoms with E-state index in [4.69, 9.17) is 0 Å². The molecule has 0 spiro atoms. The number of halogens is 1. The summed E-state index contributed by atoms with van der Waals surface area (Å²) in [6, 6.07) is 4.20. The quantitative estimate of drug-likeness (QED) is 0.469. The number of nitro benzene ring substituents is 1. The summed E-state index contributed by atoms with van der Waals surface area (Å²) in [5, 5.41) is 23.1. The van der Waals surface area contributed by atoms with Crippen LogP contribution in [0, 0.1) is 13.7 Å². The molecule has 0 unspecified atom stereocenters. The molecule has 1 saturated carbocycles. The van der Waals surface area contributed by atoms with Crippen molar-refractivity contribution in [1.29, 1.82) is 0 Å². The molecule has 1 fully saturated rings. The topological polar surface area (TPSA) is 92.5 Å². The minimum absolute atomic E-state index is 0.107. The van der Waals surface area contributed by atoms with Gasteiger partial charge in [-0.3, -0.25) is 14.9 Å². The van der Waals surface area contributed by atoms with Crippen molar-refractivity contribution in [2.45, 2.75) is 31.2 Å². The van der Waals surface area contributed by atoms with E-state index in [1.807, 2.05) is 22.6 Å². The van der Waals surface area contributed by atoms with Gasteiger partial charge in [0.1, 0.15) is 0 Å². The van der Waals surface area contributed by atoms with Crippen LogP contribution in [0.3, 0.4) is 0 Å². The largest absolute Gasteiger partial charge is 0.394 e. The van der Waals surface area contributed by atoms with E-state index < -0.39 is 10.5 Å². The molecule has 0 radical (unpaired) electrons. The molecule has 20 heavy (non-hydrogen) atoms. The summed E-state index contributed by atoms with van der Waals surface area (Å²) in [6.45, 7) is -0.107. The summed E-state index contributed by atoms with van der Waals surface area (Å²) in [5.74, 6) is -0.367. The Labute approximate surface area is 129 Å². The predicted molar refractivity (Wildman–Crippen MR) is 81.6 cm³/mol. The van der Waals surface area contributed by atoms with E-state index in [-0.39, 0.29) is 23.8 Å². The number of benzene rings is 1. The van der Waals surface area contributed by atoms with E-state index in [9.17, 15) is 20.0 Å². The lowest BCUT2D eigenvalue weighted by Gasteiger charge is -2.28. The van der Waals surface area contributed by atoms with Crippen LogP contribution in [0.25, 0.3) is 0 Å². The van der Waals surface area contributed by atoms with Crippen molar-refractivity contribution in [2.24, 2.45) is 0 Å². The second-order valence-electron chi connectivity index (χ2n) is 5.02. The molecule has 0 heterocycles. The first-order valence-corrected chi connectivity index (χ1v) is 7.43. The van der Waals surface area contributed by atoms with Gasteiger partial charge in [0, 0.05) is 15.7 Å². The van der Waals surface area contributed by atoms with Gasteiger partial charge >= 0.3 is 0 Å². The molecule has 1 amide bonds. The number of aliphatic hydroxyl groups is 1. The third kappa shape index (κ3) is 3.09. The van der Waals surface area contributed by atoms with Crippen molar-refractivity contribution >= 4 is 34.2 Å². The molecule has 7 heteroatoms. The molecule has 1 aromatic carbocycles. The maximum Gasteiger partial charge on any atom is 0.270 e. The SMILES string of the molecule is O=C(NC1(CO)CCCC1)c1cc([N+](=O)[O-])ccc1I. The number of nitrogens with zero attached hydrogens (tertiary/aromatic N) is 1. The van der Waals surface area contributed by atoms with E-state index >= 15 is 0 Å². The van der Waals surface area contributed by atoms with Gasteiger partial charge in [-0.2, -0.15) is 0 Å². The van der Waals surface area contributed by atoms with Crippen LogP contribution in [0.2, 0.25) is 0 Å². The molecular formula is C13H15IN2O4. The van der Waals surface area contributed by atoms with Gasteiger partial charge in [0.15, 0.2) is 0 Å². The van der Waals surface area contributed by atoms with Crippen LogP contribution in [-0.2, 0) is 0 Å². The van der Waals surface area contributed by atoms with Crippen LogP contribution >= 0.6 is 22.6 Å². The Morgan fingerprint density at radius 1 is 1.45 bits per heavy atom. The third-order valence-electron chi connectivity index (χ3n) is 3.65. The Morgan fingerprint density at radius 2 is 2.10 bits per heavy atom. The summed E-state index contributed by atoms with van der Waals surface area (Å²) in [7, 11) is 0. The second kappa shape index (κ2) is 6.04. The first-order chi connectivity index (χ1) is 9.47. The number of hydrogen-bond donors (Lipinski definition) is 2. The van der Waals surface area contributed by atoms with E-state index in [1.54, 1.807) is 6.07 Å². The van der Waals surface area contributed by atoms with E-state index in [0.29, 0.717) is 3.57 Å². The van der Waals surface area contributed by atoms with Gasteiger partial charge < -0.3 is 10.4 Å². The van der Waals surface area contributed by atoms with Crippen LogP contribution < -0.4 is 5.32 Å². The summed E-state index contributed by atoms with van der Waals surface area (Å²) in [5.41, 5.74) is -0.412. The van der Waals surface area contributed by atoms with Gasteiger partial charge in [-0.1, -0.05) is 12.8 Å². The van der Waals surface area contributed by atoms with Gasteiger partial charge in [0.25, 0.3) is 11.6 Å². The maximum atomic E-state index is 12.3. The predicted octanol–water partition coefficient (Wildman–Crippen LogP) is 2.23. The summed E-state index contributed by atoms with van der Waals surface area (Å²) >= 11 is 1.97. The first kappa shape index (κ1) is 15.2. The maximum absolute atomic E-state index is 12.3. The van der Waals surface area contributed by atoms with Crippen molar-refractivity contribution in [3.63, 3.8) is 0 Å². The molecule has 108 valence electrons. The number of carbonyl (C=O) groups is 1. The Bertz CT molecular complexity index is 541. The zero-order chi connectivity index (χ0) is 14.8. The number of hydrogen-bond acceptors (Lipinski definition) is 4. The standard InChI is InChI=1S/C13H15IN2O4/c14-11-4-3-9(16(19)20)7-10(11)12(18)15-13(8-17)5-1-2-6-13/h3-4,7,17H,1-2,5-6,8H2,(H,15,18). The minimum atomic E-state index is -0.579. The van der Waals surface area contributed by atoms with Crippen LogP contribution in [0.15, 0.2) is 18.2 Å². The zero-order valence-electron chi connectivity index (χ0n) is 10.8. The molecule has 6 nitrogen and oxygen atoms in total. The highest BCUT2D eigenvalue weighted by atomic mass is 127. The molecule has 0 aromatic heterocycles. The van der Waals surface area contributed by atoms with Crippen LogP contribution in [0.4, 0.5) is 5.69 Å². The van der Waals surface area contributed by atoms with Gasteiger partial charge in [-0.25, -0.2) is 0 Å². The Kier molecular flexibility index (Phi) is 4.59. The average Bonchev–Trinajstić information content (AvgIpc) is 2.88. The highest BCUT2D eigenvalue weighted by Crippen LogP contribution is 2.30. The highest BCUT2D eigenvalue weighted by Gasteiger charge is 2.35. The molecule has 0 saturated heterocycles. The Hall–Kier alpha value is -1.22. The third-order valence-corrected chi connectivity index (χ3v) is 4.59. The first-order valence-electron chi connectivity index (χ1n) is 6.35. The number of carbonyl (C=O) groups excluding carboxylic acids is 1. The van der Waals surface area contributed by atoms with Crippen molar-refractivity contribution < 1.29 is 14.8 Å². The monoisotopic (exact) mass is 390 g/mol. The number of nitrogens with one attached hydrogen (secondary N) is 1. The highest BCUT2D eigenvalue weighted by molar-refractivity contribution is 14.1. The lowest BCUT2D eigenvalue weighted by atomic mass is 9.98. The number of nitro groups is 1. The van der Waals surface area contributed by atoms with E-state index in [0.717, 1.165) is 25.7 Å². The number of aliphatic hydroxyl groups excluding tert-OH is 1. The van der Waals surface area contributed by atoms with Gasteiger partial charge in [0.05, 0.1) is 22.6 Å². The molecule has 1 aliphatic rings. The van der Waals surface area contributed by atoms with Crippen LogP contribution in [0.1, 0.15) is 36.0 Å². The Balaban J connectivity index is 2.24. The lowest BCUT2D eigenvalue weighted by Crippen LogP contribution is -2.49. The molecule has 0 atom stereocenters. The van der Waals surface area contributed by atoms with Gasteiger partial charge in [0.2, 0.25) is 0 Å². The fourth-order valence-corrected chi connectivity index (χ4v) is 3.06. The molecule has 0 aliphatic heterocycles. The average molecular weight is 390 g/mol. The molecule has 2 N–H and O–H groups in total. The second-order valence-corrected chi connectivity index (χ2v) is 6.18. The van der Waals surface area contributed by atoms with Crippen molar-refractivity contribution in [2.75, 3.05) is 6.61 Å². The molecule has 1 aromatic rings. The number of amides is 1. The summed E-state index contributed by atoms with van der Waals surface area (Å²) in [4.78, 5) is 22.6. The fraction of sp³-hybridized carbons (Fsp3) is 0.462. The lowest BCUT2D eigenvalue weighted by molar-refractivity contribution is -0.384. The molecule has 0 bridgehead atoms. The minimum Gasteiger partial charge on any atom is -0.394 e. The van der Waals surface area contributed by atoms with E-state index in [1.165, 1.54) is 12.1 Å². The van der Waals surface area contributed by atoms with Crippen molar-refractivity contribution in [3.8, 4) is 0 Å².